The summed E-state index contributed by atoms with van der Waals surface area (Å²) < 4.78 is 5.53. The fourth-order valence-corrected chi connectivity index (χ4v) is 1.49. The highest BCUT2D eigenvalue weighted by atomic mass is 16.5. The Morgan fingerprint density at radius 3 is 2.25 bits per heavy atom. The minimum atomic E-state index is 0.550. The van der Waals surface area contributed by atoms with Crippen molar-refractivity contribution in [1.29, 1.82) is 0 Å². The predicted octanol–water partition coefficient (Wildman–Crippen LogP) is 0.137. The van der Waals surface area contributed by atoms with Crippen molar-refractivity contribution in [2.45, 2.75) is 25.0 Å². The molecule has 2 heteroatoms. The van der Waals surface area contributed by atoms with E-state index in [2.05, 4.69) is 5.32 Å². The van der Waals surface area contributed by atoms with Crippen LogP contribution in [0.15, 0.2) is 0 Å². The lowest BCUT2D eigenvalue weighted by atomic mass is 10.2. The molecule has 46 valence electrons. The van der Waals surface area contributed by atoms with Gasteiger partial charge in [-0.2, -0.15) is 0 Å². The Labute approximate surface area is 49.2 Å². The molecule has 2 aliphatic heterocycles. The molecule has 2 nitrogen and oxygen atoms in total. The molecule has 2 bridgehead atoms. The molecule has 1 N–H and O–H groups in total. The van der Waals surface area contributed by atoms with E-state index in [0.717, 1.165) is 13.1 Å². The smallest absolute Gasteiger partial charge is 0.0704 e. The maximum atomic E-state index is 5.53. The summed E-state index contributed by atoms with van der Waals surface area (Å²) >= 11 is 0. The van der Waals surface area contributed by atoms with Gasteiger partial charge in [-0.05, 0) is 12.8 Å². The third-order valence-electron chi connectivity index (χ3n) is 1.94. The van der Waals surface area contributed by atoms with E-state index in [4.69, 9.17) is 4.74 Å². The second-order valence-electron chi connectivity index (χ2n) is 2.62. The molecule has 2 saturated heterocycles. The van der Waals surface area contributed by atoms with E-state index in [1.165, 1.54) is 12.8 Å². The molecule has 0 radical (unpaired) electrons. The molecule has 0 aliphatic carbocycles. The van der Waals surface area contributed by atoms with Crippen LogP contribution in [0.4, 0.5) is 0 Å². The van der Waals surface area contributed by atoms with Gasteiger partial charge in [-0.25, -0.2) is 0 Å². The van der Waals surface area contributed by atoms with E-state index in [1.54, 1.807) is 0 Å². The van der Waals surface area contributed by atoms with Crippen molar-refractivity contribution < 1.29 is 4.74 Å². The first-order chi connectivity index (χ1) is 3.95. The van der Waals surface area contributed by atoms with Crippen molar-refractivity contribution in [1.82, 2.24) is 5.32 Å². The zero-order valence-corrected chi connectivity index (χ0v) is 4.89. The zero-order chi connectivity index (χ0) is 5.40. The molecule has 0 aromatic carbocycles. The summed E-state index contributed by atoms with van der Waals surface area (Å²) in [4.78, 5) is 0. The van der Waals surface area contributed by atoms with Crippen molar-refractivity contribution in [3.8, 4) is 0 Å². The maximum absolute atomic E-state index is 5.53. The number of ether oxygens (including phenoxy) is 1. The summed E-state index contributed by atoms with van der Waals surface area (Å²) in [6.45, 7) is 2.16. The van der Waals surface area contributed by atoms with Crippen molar-refractivity contribution in [2.24, 2.45) is 0 Å². The first-order valence-corrected chi connectivity index (χ1v) is 3.31. The summed E-state index contributed by atoms with van der Waals surface area (Å²) in [6, 6.07) is 0. The van der Waals surface area contributed by atoms with Crippen molar-refractivity contribution >= 4 is 0 Å². The number of hydrogen-bond donors (Lipinski definition) is 1. The van der Waals surface area contributed by atoms with Gasteiger partial charge in [0.25, 0.3) is 0 Å². The fourth-order valence-electron chi connectivity index (χ4n) is 1.49. The second kappa shape index (κ2) is 1.71. The highest BCUT2D eigenvalue weighted by Crippen LogP contribution is 2.21. The Hall–Kier alpha value is -0.0800. The van der Waals surface area contributed by atoms with Gasteiger partial charge in [0.05, 0.1) is 12.2 Å². The largest absolute Gasteiger partial charge is 0.372 e. The normalized spacial score (nSPS) is 45.0. The molecule has 2 rings (SSSR count). The van der Waals surface area contributed by atoms with Gasteiger partial charge in [0.1, 0.15) is 0 Å². The van der Waals surface area contributed by atoms with Gasteiger partial charge in [-0.3, -0.25) is 0 Å². The third-order valence-corrected chi connectivity index (χ3v) is 1.94. The number of morpholine rings is 1. The molecule has 2 fully saturated rings. The Bertz CT molecular complexity index is 80.5. The van der Waals surface area contributed by atoms with Crippen LogP contribution in [-0.2, 0) is 4.74 Å². The monoisotopic (exact) mass is 113 g/mol. The van der Waals surface area contributed by atoms with E-state index in [-0.39, 0.29) is 0 Å². The summed E-state index contributed by atoms with van der Waals surface area (Å²) in [5, 5.41) is 3.32. The maximum Gasteiger partial charge on any atom is 0.0704 e. The van der Waals surface area contributed by atoms with Gasteiger partial charge < -0.3 is 10.1 Å². The van der Waals surface area contributed by atoms with Crippen LogP contribution in [0, 0.1) is 0 Å². The SMILES string of the molecule is C1C[C@H]2CNCC1O2. The van der Waals surface area contributed by atoms with Crippen molar-refractivity contribution in [3.63, 3.8) is 0 Å². The Kier molecular flexibility index (Phi) is 1.02. The molecule has 2 heterocycles. The van der Waals surface area contributed by atoms with E-state index >= 15 is 0 Å². The van der Waals surface area contributed by atoms with Crippen LogP contribution in [0.2, 0.25) is 0 Å². The lowest BCUT2D eigenvalue weighted by molar-refractivity contribution is 0.0184. The average molecular weight is 113 g/mol. The summed E-state index contributed by atoms with van der Waals surface area (Å²) in [7, 11) is 0. The van der Waals surface area contributed by atoms with Crippen LogP contribution >= 0.6 is 0 Å². The van der Waals surface area contributed by atoms with Crippen LogP contribution in [0.3, 0.4) is 0 Å². The fraction of sp³-hybridized carbons (Fsp3) is 1.00. The van der Waals surface area contributed by atoms with Crippen molar-refractivity contribution in [3.05, 3.63) is 0 Å². The summed E-state index contributed by atoms with van der Waals surface area (Å²) in [5.74, 6) is 0. The van der Waals surface area contributed by atoms with Gasteiger partial charge in [0, 0.05) is 13.1 Å². The van der Waals surface area contributed by atoms with Crippen LogP contribution in [0.1, 0.15) is 12.8 Å². The Morgan fingerprint density at radius 1 is 1.12 bits per heavy atom. The Morgan fingerprint density at radius 2 is 1.75 bits per heavy atom. The van der Waals surface area contributed by atoms with Gasteiger partial charge in [-0.1, -0.05) is 0 Å². The van der Waals surface area contributed by atoms with E-state index < -0.39 is 0 Å². The van der Waals surface area contributed by atoms with E-state index in [1.807, 2.05) is 0 Å². The first-order valence-electron chi connectivity index (χ1n) is 3.31. The van der Waals surface area contributed by atoms with Gasteiger partial charge in [0.15, 0.2) is 0 Å². The molecule has 0 aromatic heterocycles. The van der Waals surface area contributed by atoms with Crippen LogP contribution in [0.5, 0.6) is 0 Å². The molecule has 2 aliphatic rings. The highest BCUT2D eigenvalue weighted by Gasteiger charge is 2.28. The molecule has 8 heavy (non-hydrogen) atoms. The number of rotatable bonds is 0. The van der Waals surface area contributed by atoms with Gasteiger partial charge in [0.2, 0.25) is 0 Å². The first kappa shape index (κ1) is 4.77. The predicted molar refractivity (Wildman–Crippen MR) is 30.8 cm³/mol. The Balaban J connectivity index is 2.03. The minimum absolute atomic E-state index is 0.550. The van der Waals surface area contributed by atoms with Crippen LogP contribution in [-0.4, -0.2) is 25.3 Å². The quantitative estimate of drug-likeness (QED) is 0.482. The van der Waals surface area contributed by atoms with E-state index in [0.29, 0.717) is 12.2 Å². The van der Waals surface area contributed by atoms with Crippen molar-refractivity contribution in [2.75, 3.05) is 13.1 Å². The average Bonchev–Trinajstić information content (AvgIpc) is 2.12. The summed E-state index contributed by atoms with van der Waals surface area (Å²) in [5.41, 5.74) is 0. The molecule has 0 saturated carbocycles. The highest BCUT2D eigenvalue weighted by molar-refractivity contribution is 4.81. The number of fused-ring (bicyclic) bond motifs is 2. The molecular weight excluding hydrogens is 102 g/mol. The third kappa shape index (κ3) is 0.644. The van der Waals surface area contributed by atoms with Gasteiger partial charge in [-0.15, -0.1) is 0 Å². The molecule has 2 atom stereocenters. The standard InChI is InChI=1S/C6H11NO/c1-2-6-4-7-3-5(1)8-6/h5-7H,1-4H2/t5-,6?/m0/s1. The number of hydrogen-bond acceptors (Lipinski definition) is 2. The minimum Gasteiger partial charge on any atom is -0.372 e. The van der Waals surface area contributed by atoms with Crippen LogP contribution < -0.4 is 5.32 Å². The van der Waals surface area contributed by atoms with Crippen LogP contribution in [0.25, 0.3) is 0 Å². The molecule has 0 spiro atoms. The summed E-state index contributed by atoms with van der Waals surface area (Å²) in [6.07, 6.45) is 3.65. The molecular formula is C6H11NO. The lowest BCUT2D eigenvalue weighted by Crippen LogP contribution is -2.38. The lowest BCUT2D eigenvalue weighted by Gasteiger charge is -2.20. The van der Waals surface area contributed by atoms with E-state index in [9.17, 15) is 0 Å². The second-order valence-corrected chi connectivity index (χ2v) is 2.62. The van der Waals surface area contributed by atoms with Gasteiger partial charge >= 0.3 is 0 Å². The zero-order valence-electron chi connectivity index (χ0n) is 4.89. The topological polar surface area (TPSA) is 21.3 Å². The molecule has 0 amide bonds. The number of nitrogens with one attached hydrogen (secondary N) is 1. The molecule has 0 aromatic rings. The molecule has 1 unspecified atom stereocenters.